The van der Waals surface area contributed by atoms with Crippen LogP contribution in [0, 0.1) is 18.3 Å². The van der Waals surface area contributed by atoms with Gasteiger partial charge in [0.05, 0.1) is 11.3 Å². The molecule has 0 fully saturated rings. The normalized spacial score (nSPS) is 10.8. The first-order valence-corrected chi connectivity index (χ1v) is 6.06. The number of benzene rings is 1. The van der Waals surface area contributed by atoms with E-state index in [1.807, 2.05) is 25.2 Å². The van der Waals surface area contributed by atoms with Gasteiger partial charge in [0.15, 0.2) is 0 Å². The third-order valence-corrected chi connectivity index (χ3v) is 3.64. The number of H-pyrrole nitrogens is 1. The number of aromatic amines is 1. The van der Waals surface area contributed by atoms with Crippen molar-refractivity contribution in [1.29, 1.82) is 5.26 Å². The number of nitrogen functional groups attached to an aromatic ring is 1. The van der Waals surface area contributed by atoms with Crippen molar-refractivity contribution in [2.24, 2.45) is 7.05 Å². The predicted octanol–water partition coefficient (Wildman–Crippen LogP) is 2.94. The second kappa shape index (κ2) is 3.92. The molecular formula is C15H14N4. The molecule has 94 valence electrons. The maximum absolute atomic E-state index is 9.01. The highest BCUT2D eigenvalue weighted by atomic mass is 15.0. The van der Waals surface area contributed by atoms with Gasteiger partial charge in [0.2, 0.25) is 0 Å². The van der Waals surface area contributed by atoms with Gasteiger partial charge in [0, 0.05) is 29.2 Å². The van der Waals surface area contributed by atoms with Crippen LogP contribution in [0.25, 0.3) is 22.2 Å². The molecule has 0 saturated heterocycles. The van der Waals surface area contributed by atoms with Crippen LogP contribution in [-0.2, 0) is 7.05 Å². The van der Waals surface area contributed by atoms with Crippen molar-refractivity contribution in [1.82, 2.24) is 9.55 Å². The number of hydrogen-bond donors (Lipinski definition) is 2. The summed E-state index contributed by atoms with van der Waals surface area (Å²) in [6.45, 7) is 2.07. The first-order chi connectivity index (χ1) is 9.13. The highest BCUT2D eigenvalue weighted by Crippen LogP contribution is 2.34. The second-order valence-electron chi connectivity index (χ2n) is 4.66. The van der Waals surface area contributed by atoms with Crippen molar-refractivity contribution < 1.29 is 0 Å². The number of aromatic nitrogens is 2. The molecule has 0 aliphatic heterocycles. The van der Waals surface area contributed by atoms with Crippen LogP contribution in [0.5, 0.6) is 0 Å². The van der Waals surface area contributed by atoms with Crippen LogP contribution < -0.4 is 5.73 Å². The third kappa shape index (κ3) is 1.52. The largest absolute Gasteiger partial charge is 0.384 e. The number of nitrogens with zero attached hydrogens (tertiary/aromatic N) is 2. The van der Waals surface area contributed by atoms with Crippen LogP contribution in [-0.4, -0.2) is 9.55 Å². The van der Waals surface area contributed by atoms with Crippen LogP contribution in [0.3, 0.4) is 0 Å². The van der Waals surface area contributed by atoms with Gasteiger partial charge >= 0.3 is 0 Å². The average Bonchev–Trinajstić information content (AvgIpc) is 2.90. The number of nitriles is 1. The number of hydrogen-bond acceptors (Lipinski definition) is 2. The van der Waals surface area contributed by atoms with E-state index in [9.17, 15) is 0 Å². The quantitative estimate of drug-likeness (QED) is 0.697. The summed E-state index contributed by atoms with van der Waals surface area (Å²) in [5.74, 6) is 0.421. The molecule has 2 aromatic heterocycles. The van der Waals surface area contributed by atoms with E-state index in [4.69, 9.17) is 11.0 Å². The number of nitrogens with two attached hydrogens (primary N) is 1. The lowest BCUT2D eigenvalue weighted by molar-refractivity contribution is 0.919. The summed E-state index contributed by atoms with van der Waals surface area (Å²) in [5.41, 5.74) is 10.6. The lowest BCUT2D eigenvalue weighted by Gasteiger charge is -1.99. The number of nitrogens with one attached hydrogen (secondary N) is 1. The molecule has 19 heavy (non-hydrogen) atoms. The summed E-state index contributed by atoms with van der Waals surface area (Å²) in [5, 5.41) is 10.2. The molecule has 0 saturated carbocycles. The molecule has 4 heteroatoms. The molecule has 0 bridgehead atoms. The Hall–Kier alpha value is -2.67. The van der Waals surface area contributed by atoms with Gasteiger partial charge in [-0.3, -0.25) is 0 Å². The van der Waals surface area contributed by atoms with Gasteiger partial charge in [0.25, 0.3) is 0 Å². The molecule has 0 amide bonds. The highest BCUT2D eigenvalue weighted by molar-refractivity contribution is 5.97. The van der Waals surface area contributed by atoms with Gasteiger partial charge in [-0.2, -0.15) is 5.26 Å². The predicted molar refractivity (Wildman–Crippen MR) is 76.6 cm³/mol. The van der Waals surface area contributed by atoms with Crippen LogP contribution in [0.4, 0.5) is 5.82 Å². The fraction of sp³-hybridized carbons (Fsp3) is 0.133. The number of fused-ring (bicyclic) bond motifs is 1. The van der Waals surface area contributed by atoms with Gasteiger partial charge in [0.1, 0.15) is 11.9 Å². The van der Waals surface area contributed by atoms with E-state index in [1.54, 1.807) is 0 Å². The highest BCUT2D eigenvalue weighted by Gasteiger charge is 2.16. The van der Waals surface area contributed by atoms with Gasteiger partial charge < -0.3 is 15.3 Å². The van der Waals surface area contributed by atoms with Crippen LogP contribution in [0.15, 0.2) is 30.3 Å². The van der Waals surface area contributed by atoms with Gasteiger partial charge in [-0.25, -0.2) is 0 Å². The number of anilines is 1. The van der Waals surface area contributed by atoms with E-state index in [0.29, 0.717) is 11.4 Å². The first-order valence-electron chi connectivity index (χ1n) is 6.06. The molecule has 0 aliphatic carbocycles. The van der Waals surface area contributed by atoms with Gasteiger partial charge in [-0.1, -0.05) is 18.2 Å². The molecule has 0 unspecified atom stereocenters. The Morgan fingerprint density at radius 2 is 2.05 bits per heavy atom. The van der Waals surface area contributed by atoms with Gasteiger partial charge in [-0.05, 0) is 19.1 Å². The number of para-hydroxylation sites is 1. The van der Waals surface area contributed by atoms with Crippen molar-refractivity contribution in [3.8, 4) is 17.3 Å². The maximum Gasteiger partial charge on any atom is 0.119 e. The van der Waals surface area contributed by atoms with Crippen molar-refractivity contribution in [2.75, 3.05) is 5.73 Å². The Kier molecular flexibility index (Phi) is 2.36. The summed E-state index contributed by atoms with van der Waals surface area (Å²) >= 11 is 0. The van der Waals surface area contributed by atoms with Gasteiger partial charge in [-0.15, -0.1) is 0 Å². The molecule has 3 aromatic rings. The smallest absolute Gasteiger partial charge is 0.119 e. The molecule has 3 rings (SSSR count). The Bertz CT molecular complexity index is 815. The first kappa shape index (κ1) is 11.4. The lowest BCUT2D eigenvalue weighted by atomic mass is 10.1. The van der Waals surface area contributed by atoms with Crippen LogP contribution in [0.2, 0.25) is 0 Å². The fourth-order valence-corrected chi connectivity index (χ4v) is 2.56. The summed E-state index contributed by atoms with van der Waals surface area (Å²) in [6, 6.07) is 12.1. The van der Waals surface area contributed by atoms with Crippen LogP contribution in [0.1, 0.15) is 11.3 Å². The monoisotopic (exact) mass is 250 g/mol. The van der Waals surface area contributed by atoms with E-state index in [-0.39, 0.29) is 0 Å². The molecule has 4 nitrogen and oxygen atoms in total. The van der Waals surface area contributed by atoms with E-state index in [2.05, 4.69) is 34.7 Å². The minimum Gasteiger partial charge on any atom is -0.384 e. The molecule has 0 spiro atoms. The van der Waals surface area contributed by atoms with Crippen molar-refractivity contribution >= 4 is 16.7 Å². The lowest BCUT2D eigenvalue weighted by Crippen LogP contribution is -1.90. The maximum atomic E-state index is 9.01. The summed E-state index contributed by atoms with van der Waals surface area (Å²) in [6.07, 6.45) is 0. The van der Waals surface area contributed by atoms with Crippen molar-refractivity contribution in [2.45, 2.75) is 6.92 Å². The summed E-state index contributed by atoms with van der Waals surface area (Å²) < 4.78 is 2.15. The SMILES string of the molecule is Cc1c(-c2cc(C#N)c(N)[nH]2)c2ccccc2n1C. The Morgan fingerprint density at radius 3 is 2.74 bits per heavy atom. The van der Waals surface area contributed by atoms with Crippen molar-refractivity contribution in [3.05, 3.63) is 41.6 Å². The second-order valence-corrected chi connectivity index (χ2v) is 4.66. The third-order valence-electron chi connectivity index (χ3n) is 3.64. The van der Waals surface area contributed by atoms with E-state index in [0.717, 1.165) is 22.3 Å². The summed E-state index contributed by atoms with van der Waals surface area (Å²) in [7, 11) is 2.04. The molecule has 0 atom stereocenters. The molecular weight excluding hydrogens is 236 g/mol. The van der Waals surface area contributed by atoms with E-state index < -0.39 is 0 Å². The fourth-order valence-electron chi connectivity index (χ4n) is 2.56. The zero-order chi connectivity index (χ0) is 13.6. The minimum absolute atomic E-state index is 0.421. The Morgan fingerprint density at radius 1 is 1.32 bits per heavy atom. The average molecular weight is 250 g/mol. The molecule has 0 radical (unpaired) electrons. The Labute approximate surface area is 111 Å². The molecule has 3 N–H and O–H groups in total. The summed E-state index contributed by atoms with van der Waals surface area (Å²) in [4.78, 5) is 3.10. The topological polar surface area (TPSA) is 70.5 Å². The standard InChI is InChI=1S/C15H14N4/c1-9-14(12-7-10(8-16)15(17)18-12)11-5-3-4-6-13(11)19(9)2/h3-7,18H,17H2,1-2H3. The molecule has 2 heterocycles. The van der Waals surface area contributed by atoms with E-state index >= 15 is 0 Å². The zero-order valence-corrected chi connectivity index (χ0v) is 10.9. The number of rotatable bonds is 1. The molecule has 0 aliphatic rings. The minimum atomic E-state index is 0.421. The Balaban J connectivity index is 2.36. The van der Waals surface area contributed by atoms with Crippen LogP contribution >= 0.6 is 0 Å². The number of aryl methyl sites for hydroxylation is 1. The van der Waals surface area contributed by atoms with Crippen molar-refractivity contribution in [3.63, 3.8) is 0 Å². The van der Waals surface area contributed by atoms with E-state index in [1.165, 1.54) is 5.52 Å². The molecule has 1 aromatic carbocycles. The zero-order valence-electron chi connectivity index (χ0n) is 10.9.